The Bertz CT molecular complexity index is 909. The number of piperidine rings is 1. The van der Waals surface area contributed by atoms with Gasteiger partial charge < -0.3 is 5.11 Å². The minimum absolute atomic E-state index is 0.0342. The van der Waals surface area contributed by atoms with Crippen LogP contribution in [0.25, 0.3) is 0 Å². The highest BCUT2D eigenvalue weighted by molar-refractivity contribution is 6.30. The van der Waals surface area contributed by atoms with Crippen LogP contribution in [0.15, 0.2) is 47.6 Å². The van der Waals surface area contributed by atoms with Crippen LogP contribution in [0.5, 0.6) is 5.75 Å². The molecule has 0 unspecified atom stereocenters. The van der Waals surface area contributed by atoms with E-state index in [1.807, 2.05) is 0 Å². The first-order valence-electron chi connectivity index (χ1n) is 9.19. The molecule has 1 aliphatic rings. The van der Waals surface area contributed by atoms with E-state index in [1.165, 1.54) is 24.4 Å². The Balaban J connectivity index is 1.46. The number of nitrogens with one attached hydrogen (secondary N) is 1. The van der Waals surface area contributed by atoms with Gasteiger partial charge in [-0.2, -0.15) is 5.10 Å². The lowest BCUT2D eigenvalue weighted by molar-refractivity contribution is -0.384. The lowest BCUT2D eigenvalue weighted by Crippen LogP contribution is -2.39. The fourth-order valence-electron chi connectivity index (χ4n) is 3.22. The van der Waals surface area contributed by atoms with Gasteiger partial charge in [-0.15, -0.1) is 0 Å². The quantitative estimate of drug-likeness (QED) is 0.426. The van der Waals surface area contributed by atoms with Crippen LogP contribution in [0.2, 0.25) is 5.02 Å². The number of amides is 1. The fourth-order valence-corrected chi connectivity index (χ4v) is 3.40. The van der Waals surface area contributed by atoms with E-state index in [1.54, 1.807) is 24.3 Å². The number of carbonyl (C=O) groups excluding carboxylic acids is 1. The summed E-state index contributed by atoms with van der Waals surface area (Å²) < 4.78 is 0. The van der Waals surface area contributed by atoms with E-state index in [4.69, 9.17) is 11.6 Å². The van der Waals surface area contributed by atoms with Crippen LogP contribution < -0.4 is 5.43 Å². The Hall–Kier alpha value is -2.97. The Morgan fingerprint density at radius 3 is 2.62 bits per heavy atom. The molecule has 1 fully saturated rings. The second kappa shape index (κ2) is 9.49. The van der Waals surface area contributed by atoms with E-state index >= 15 is 0 Å². The number of aromatic hydroxyl groups is 1. The van der Waals surface area contributed by atoms with Gasteiger partial charge in [-0.25, -0.2) is 5.43 Å². The molecule has 0 saturated carbocycles. The molecular weight excluding hydrogens is 396 g/mol. The highest BCUT2D eigenvalue weighted by Crippen LogP contribution is 2.21. The molecule has 1 saturated heterocycles. The smallest absolute Gasteiger partial charge is 0.269 e. The lowest BCUT2D eigenvalue weighted by Gasteiger charge is -2.30. The number of benzene rings is 2. The minimum atomic E-state index is -0.413. The number of hydrogen-bond donors (Lipinski definition) is 2. The number of phenols is 1. The van der Waals surface area contributed by atoms with Crippen molar-refractivity contribution in [3.63, 3.8) is 0 Å². The summed E-state index contributed by atoms with van der Waals surface area (Å²) in [5, 5.41) is 24.8. The van der Waals surface area contributed by atoms with Crippen molar-refractivity contribution in [3.05, 3.63) is 68.7 Å². The van der Waals surface area contributed by atoms with Crippen LogP contribution in [0.4, 0.5) is 5.69 Å². The summed E-state index contributed by atoms with van der Waals surface area (Å²) in [5.74, 6) is -0.252. The summed E-state index contributed by atoms with van der Waals surface area (Å²) in [4.78, 5) is 24.8. The maximum atomic E-state index is 12.3. The summed E-state index contributed by atoms with van der Waals surface area (Å²) >= 11 is 5.88. The van der Waals surface area contributed by atoms with Crippen LogP contribution in [0, 0.1) is 16.0 Å². The minimum Gasteiger partial charge on any atom is -0.507 e. The topological polar surface area (TPSA) is 108 Å². The fraction of sp³-hybridized carbons (Fsp3) is 0.300. The molecule has 8 nitrogen and oxygen atoms in total. The van der Waals surface area contributed by atoms with Crippen LogP contribution >= 0.6 is 11.6 Å². The van der Waals surface area contributed by atoms with Gasteiger partial charge >= 0.3 is 0 Å². The van der Waals surface area contributed by atoms with E-state index in [0.29, 0.717) is 30.0 Å². The normalized spacial score (nSPS) is 15.5. The number of hydrogen-bond acceptors (Lipinski definition) is 6. The maximum absolute atomic E-state index is 12.3. The predicted octanol–water partition coefficient (Wildman–Crippen LogP) is 3.32. The SMILES string of the molecule is O=C(N/N=C/c1cc(Cl)ccc1O)C1CCN(Cc2ccc([N+](=O)[O-])cc2)CC1. The van der Waals surface area contributed by atoms with Gasteiger partial charge in [0.1, 0.15) is 5.75 Å². The second-order valence-electron chi connectivity index (χ2n) is 6.91. The number of nitro benzene ring substituents is 1. The van der Waals surface area contributed by atoms with Crippen molar-refractivity contribution in [2.45, 2.75) is 19.4 Å². The maximum Gasteiger partial charge on any atom is 0.269 e. The van der Waals surface area contributed by atoms with Crippen molar-refractivity contribution < 1.29 is 14.8 Å². The number of likely N-dealkylation sites (tertiary alicyclic amines) is 1. The molecule has 0 aliphatic carbocycles. The van der Waals surface area contributed by atoms with E-state index < -0.39 is 4.92 Å². The Morgan fingerprint density at radius 1 is 1.28 bits per heavy atom. The van der Waals surface area contributed by atoms with Gasteiger partial charge in [-0.1, -0.05) is 23.7 Å². The van der Waals surface area contributed by atoms with Crippen molar-refractivity contribution in [1.82, 2.24) is 10.3 Å². The van der Waals surface area contributed by atoms with Gasteiger partial charge in [0.25, 0.3) is 5.69 Å². The summed E-state index contributed by atoms with van der Waals surface area (Å²) in [6, 6.07) is 11.1. The summed E-state index contributed by atoms with van der Waals surface area (Å²) in [5.41, 5.74) is 4.03. The third kappa shape index (κ3) is 5.75. The van der Waals surface area contributed by atoms with Crippen molar-refractivity contribution in [2.75, 3.05) is 13.1 Å². The number of nitro groups is 1. The van der Waals surface area contributed by atoms with Crippen molar-refractivity contribution in [2.24, 2.45) is 11.0 Å². The standard InChI is InChI=1S/C20H21ClN4O4/c21-17-3-6-19(26)16(11-17)12-22-23-20(27)15-7-9-24(10-8-15)13-14-1-4-18(5-2-14)25(28)29/h1-6,11-12,15,26H,7-10,13H2,(H,23,27)/b22-12+. The highest BCUT2D eigenvalue weighted by atomic mass is 35.5. The monoisotopic (exact) mass is 416 g/mol. The van der Waals surface area contributed by atoms with E-state index in [0.717, 1.165) is 18.7 Å². The van der Waals surface area contributed by atoms with Crippen molar-refractivity contribution >= 4 is 29.4 Å². The molecular formula is C20H21ClN4O4. The number of hydrazone groups is 1. The molecule has 0 atom stereocenters. The molecule has 1 amide bonds. The van der Waals surface area contributed by atoms with Gasteiger partial charge in [0, 0.05) is 35.2 Å². The molecule has 2 aromatic carbocycles. The van der Waals surface area contributed by atoms with Gasteiger partial charge in [-0.05, 0) is 49.7 Å². The molecule has 0 radical (unpaired) electrons. The van der Waals surface area contributed by atoms with Gasteiger partial charge in [-0.3, -0.25) is 19.8 Å². The average molecular weight is 417 g/mol. The number of phenolic OH excluding ortho intramolecular Hbond substituents is 1. The van der Waals surface area contributed by atoms with Gasteiger partial charge in [0.05, 0.1) is 11.1 Å². The third-order valence-electron chi connectivity index (χ3n) is 4.88. The Labute approximate surface area is 172 Å². The molecule has 2 N–H and O–H groups in total. The Kier molecular flexibility index (Phi) is 6.79. The van der Waals surface area contributed by atoms with Crippen molar-refractivity contribution in [3.8, 4) is 5.75 Å². The molecule has 29 heavy (non-hydrogen) atoms. The Morgan fingerprint density at radius 2 is 1.97 bits per heavy atom. The number of carbonyl (C=O) groups is 1. The first-order chi connectivity index (χ1) is 13.9. The zero-order valence-corrected chi connectivity index (χ0v) is 16.4. The molecule has 0 bridgehead atoms. The molecule has 3 rings (SSSR count). The zero-order chi connectivity index (χ0) is 20.8. The molecule has 0 aromatic heterocycles. The van der Waals surface area contributed by atoms with E-state index in [-0.39, 0.29) is 23.3 Å². The molecule has 2 aromatic rings. The largest absolute Gasteiger partial charge is 0.507 e. The predicted molar refractivity (Wildman–Crippen MR) is 110 cm³/mol. The molecule has 1 aliphatic heterocycles. The molecule has 9 heteroatoms. The average Bonchev–Trinajstić information content (AvgIpc) is 2.71. The first-order valence-corrected chi connectivity index (χ1v) is 9.57. The number of nitrogens with zero attached hydrogens (tertiary/aromatic N) is 3. The van der Waals surface area contributed by atoms with Gasteiger partial charge in [0.2, 0.25) is 5.91 Å². The lowest BCUT2D eigenvalue weighted by atomic mass is 9.96. The second-order valence-corrected chi connectivity index (χ2v) is 7.35. The van der Waals surface area contributed by atoms with Crippen LogP contribution in [-0.2, 0) is 11.3 Å². The summed E-state index contributed by atoms with van der Waals surface area (Å²) in [7, 11) is 0. The first kappa shape index (κ1) is 20.8. The number of non-ortho nitro benzene ring substituents is 1. The highest BCUT2D eigenvalue weighted by Gasteiger charge is 2.24. The van der Waals surface area contributed by atoms with Crippen molar-refractivity contribution in [1.29, 1.82) is 0 Å². The van der Waals surface area contributed by atoms with Crippen LogP contribution in [-0.4, -0.2) is 40.1 Å². The summed E-state index contributed by atoms with van der Waals surface area (Å²) in [6.45, 7) is 2.21. The third-order valence-corrected chi connectivity index (χ3v) is 5.11. The number of halogens is 1. The van der Waals surface area contributed by atoms with Crippen LogP contribution in [0.1, 0.15) is 24.0 Å². The molecule has 1 heterocycles. The summed E-state index contributed by atoms with van der Waals surface area (Å²) in [6.07, 6.45) is 2.77. The zero-order valence-electron chi connectivity index (χ0n) is 15.6. The molecule has 152 valence electrons. The molecule has 0 spiro atoms. The van der Waals surface area contributed by atoms with E-state index in [2.05, 4.69) is 15.4 Å². The van der Waals surface area contributed by atoms with Crippen LogP contribution in [0.3, 0.4) is 0 Å². The van der Waals surface area contributed by atoms with Gasteiger partial charge in [0.15, 0.2) is 0 Å². The van der Waals surface area contributed by atoms with E-state index in [9.17, 15) is 20.0 Å². The number of rotatable bonds is 6.